The van der Waals surface area contributed by atoms with Crippen molar-refractivity contribution in [1.82, 2.24) is 14.8 Å². The number of amides is 2. The molecule has 0 saturated carbocycles. The summed E-state index contributed by atoms with van der Waals surface area (Å²) >= 11 is 0. The first-order valence-electron chi connectivity index (χ1n) is 12.9. The van der Waals surface area contributed by atoms with E-state index in [1.54, 1.807) is 20.2 Å². The quantitative estimate of drug-likeness (QED) is 0.508. The summed E-state index contributed by atoms with van der Waals surface area (Å²) in [5.74, 6) is -0.224. The van der Waals surface area contributed by atoms with Crippen molar-refractivity contribution in [2.75, 3.05) is 52.8 Å². The Kier molecular flexibility index (Phi) is 9.47. The molecule has 8 nitrogen and oxygen atoms in total. The molecule has 0 bridgehead atoms. The van der Waals surface area contributed by atoms with E-state index in [9.17, 15) is 27.9 Å². The number of carbonyl (C=O) groups excluding carboxylic acids is 2. The van der Waals surface area contributed by atoms with E-state index in [-0.39, 0.29) is 18.2 Å². The number of piperidine rings is 1. The number of aryl methyl sites for hydroxylation is 1. The Morgan fingerprint density at radius 1 is 1.13 bits per heavy atom. The normalized spacial score (nSPS) is 16.0. The number of ether oxygens (including phenoxy) is 1. The number of anilines is 1. The second kappa shape index (κ2) is 12.2. The molecule has 1 aliphatic rings. The van der Waals surface area contributed by atoms with Crippen molar-refractivity contribution in [2.24, 2.45) is 5.92 Å². The van der Waals surface area contributed by atoms with Gasteiger partial charge in [-0.05, 0) is 62.8 Å². The van der Waals surface area contributed by atoms with Gasteiger partial charge in [-0.15, -0.1) is 0 Å². The molecule has 39 heavy (non-hydrogen) atoms. The summed E-state index contributed by atoms with van der Waals surface area (Å²) in [5.41, 5.74) is -3.00. The molecular formula is C28H37F3N4O4. The number of hydrogen-bond acceptors (Lipinski definition) is 6. The summed E-state index contributed by atoms with van der Waals surface area (Å²) in [6.45, 7) is 3.45. The molecule has 1 atom stereocenters. The van der Waals surface area contributed by atoms with Gasteiger partial charge in [-0.3, -0.25) is 9.59 Å². The SMILES string of the molecule is COc1cccc(C(O)(C(=O)N(C)CCCC2CCN(c3ccc(C(=O)N(C)C)c(C)n3)CC2)C(F)(F)F)c1. The third-order valence-corrected chi connectivity index (χ3v) is 7.31. The molecule has 214 valence electrons. The van der Waals surface area contributed by atoms with Crippen LogP contribution in [0.15, 0.2) is 36.4 Å². The van der Waals surface area contributed by atoms with Crippen molar-refractivity contribution in [3.05, 3.63) is 53.2 Å². The van der Waals surface area contributed by atoms with Crippen LogP contribution in [0.1, 0.15) is 47.3 Å². The Bertz CT molecular complexity index is 1170. The lowest BCUT2D eigenvalue weighted by molar-refractivity contribution is -0.261. The summed E-state index contributed by atoms with van der Waals surface area (Å²) in [7, 11) is 5.98. The second-order valence-corrected chi connectivity index (χ2v) is 10.2. The highest BCUT2D eigenvalue weighted by Gasteiger charge is 2.61. The zero-order valence-electron chi connectivity index (χ0n) is 23.1. The smallest absolute Gasteiger partial charge is 0.430 e. The van der Waals surface area contributed by atoms with Crippen molar-refractivity contribution in [1.29, 1.82) is 0 Å². The Labute approximate surface area is 227 Å². The van der Waals surface area contributed by atoms with Gasteiger partial charge < -0.3 is 24.5 Å². The summed E-state index contributed by atoms with van der Waals surface area (Å²) in [6.07, 6.45) is -2.18. The average Bonchev–Trinajstić information content (AvgIpc) is 2.91. The van der Waals surface area contributed by atoms with Gasteiger partial charge in [0, 0.05) is 46.3 Å². The van der Waals surface area contributed by atoms with Crippen LogP contribution < -0.4 is 9.64 Å². The summed E-state index contributed by atoms with van der Waals surface area (Å²) in [4.78, 5) is 34.4. The lowest BCUT2D eigenvalue weighted by Crippen LogP contribution is -2.55. The molecule has 0 aliphatic carbocycles. The fourth-order valence-corrected chi connectivity index (χ4v) is 4.89. The minimum atomic E-state index is -5.21. The number of alkyl halides is 3. The van der Waals surface area contributed by atoms with Crippen LogP contribution in [0.2, 0.25) is 0 Å². The van der Waals surface area contributed by atoms with Crippen LogP contribution in [-0.2, 0) is 10.4 Å². The van der Waals surface area contributed by atoms with Gasteiger partial charge in [0.05, 0.1) is 18.4 Å². The first-order chi connectivity index (χ1) is 18.3. The van der Waals surface area contributed by atoms with Gasteiger partial charge in [0.1, 0.15) is 11.6 Å². The molecule has 1 aliphatic heterocycles. The number of halogens is 3. The molecule has 1 saturated heterocycles. The van der Waals surface area contributed by atoms with E-state index >= 15 is 0 Å². The molecule has 1 N–H and O–H groups in total. The molecule has 1 fully saturated rings. The maximum atomic E-state index is 14.0. The minimum Gasteiger partial charge on any atom is -0.497 e. The Morgan fingerprint density at radius 3 is 2.36 bits per heavy atom. The van der Waals surface area contributed by atoms with Gasteiger partial charge in [0.2, 0.25) is 0 Å². The van der Waals surface area contributed by atoms with Gasteiger partial charge in [-0.2, -0.15) is 13.2 Å². The number of rotatable bonds is 9. The highest BCUT2D eigenvalue weighted by Crippen LogP contribution is 2.41. The summed E-state index contributed by atoms with van der Waals surface area (Å²) < 4.78 is 46.9. The molecule has 2 amide bonds. The zero-order valence-corrected chi connectivity index (χ0v) is 23.1. The van der Waals surface area contributed by atoms with Crippen molar-refractivity contribution < 1.29 is 32.6 Å². The van der Waals surface area contributed by atoms with E-state index in [1.165, 1.54) is 31.2 Å². The maximum Gasteiger partial charge on any atom is 0.430 e. The Balaban J connectivity index is 1.55. The van der Waals surface area contributed by atoms with E-state index in [4.69, 9.17) is 4.74 Å². The monoisotopic (exact) mass is 550 g/mol. The number of aliphatic hydroxyl groups is 1. The van der Waals surface area contributed by atoms with Crippen LogP contribution in [0, 0.1) is 12.8 Å². The number of benzene rings is 1. The van der Waals surface area contributed by atoms with E-state index in [2.05, 4.69) is 9.88 Å². The molecule has 11 heteroatoms. The van der Waals surface area contributed by atoms with Crippen LogP contribution in [0.25, 0.3) is 0 Å². The number of hydrogen-bond donors (Lipinski definition) is 1. The van der Waals surface area contributed by atoms with Crippen LogP contribution in [0.4, 0.5) is 19.0 Å². The minimum absolute atomic E-state index is 0.0868. The third-order valence-electron chi connectivity index (χ3n) is 7.31. The predicted molar refractivity (Wildman–Crippen MR) is 142 cm³/mol. The standard InChI is InChI=1S/C28H37F3N4O4/c1-19-23(25(36)33(2)3)11-12-24(32-19)35-16-13-20(14-17-35)8-7-15-34(4)26(37)27(38,28(29,30)31)21-9-6-10-22(18-21)39-5/h6,9-12,18,20,38H,7-8,13-17H2,1-5H3. The van der Waals surface area contributed by atoms with Crippen LogP contribution in [0.3, 0.4) is 0 Å². The first-order valence-corrected chi connectivity index (χ1v) is 12.9. The van der Waals surface area contributed by atoms with Crippen molar-refractivity contribution in [2.45, 2.75) is 44.4 Å². The van der Waals surface area contributed by atoms with E-state index < -0.39 is 23.2 Å². The van der Waals surface area contributed by atoms with Gasteiger partial charge >= 0.3 is 6.18 Å². The van der Waals surface area contributed by atoms with Gasteiger partial charge in [-0.1, -0.05) is 12.1 Å². The number of aromatic nitrogens is 1. The highest BCUT2D eigenvalue weighted by molar-refractivity contribution is 5.95. The fourth-order valence-electron chi connectivity index (χ4n) is 4.89. The zero-order chi connectivity index (χ0) is 29.0. The summed E-state index contributed by atoms with van der Waals surface area (Å²) in [6, 6.07) is 8.50. The lowest BCUT2D eigenvalue weighted by atomic mass is 9.90. The number of nitrogens with zero attached hydrogens (tertiary/aromatic N) is 4. The number of likely N-dealkylation sites (N-methyl/N-ethyl adjacent to an activating group) is 1. The molecule has 1 aromatic carbocycles. The Morgan fingerprint density at radius 2 is 1.79 bits per heavy atom. The second-order valence-electron chi connectivity index (χ2n) is 10.2. The lowest BCUT2D eigenvalue weighted by Gasteiger charge is -2.34. The van der Waals surface area contributed by atoms with Crippen LogP contribution in [0.5, 0.6) is 5.75 Å². The molecule has 3 rings (SSSR count). The maximum absolute atomic E-state index is 14.0. The van der Waals surface area contributed by atoms with Crippen LogP contribution >= 0.6 is 0 Å². The molecule has 0 radical (unpaired) electrons. The van der Waals surface area contributed by atoms with Crippen molar-refractivity contribution in [3.8, 4) is 5.75 Å². The molecule has 1 aromatic heterocycles. The highest BCUT2D eigenvalue weighted by atomic mass is 19.4. The summed E-state index contributed by atoms with van der Waals surface area (Å²) in [5, 5.41) is 10.7. The van der Waals surface area contributed by atoms with Gasteiger partial charge in [0.25, 0.3) is 17.4 Å². The fraction of sp³-hybridized carbons (Fsp3) is 0.536. The van der Waals surface area contributed by atoms with Crippen molar-refractivity contribution in [3.63, 3.8) is 0 Å². The largest absolute Gasteiger partial charge is 0.497 e. The first kappa shape index (κ1) is 30.2. The predicted octanol–water partition coefficient (Wildman–Crippen LogP) is 4.01. The topological polar surface area (TPSA) is 86.2 Å². The molecule has 1 unspecified atom stereocenters. The van der Waals surface area contributed by atoms with E-state index in [0.29, 0.717) is 23.6 Å². The molecule has 0 spiro atoms. The molecule has 2 heterocycles. The average molecular weight is 551 g/mol. The van der Waals surface area contributed by atoms with Gasteiger partial charge in [-0.25, -0.2) is 4.98 Å². The number of carbonyl (C=O) groups is 2. The molecular weight excluding hydrogens is 513 g/mol. The van der Waals surface area contributed by atoms with E-state index in [0.717, 1.165) is 55.2 Å². The van der Waals surface area contributed by atoms with Crippen molar-refractivity contribution >= 4 is 17.6 Å². The van der Waals surface area contributed by atoms with Crippen LogP contribution in [-0.4, -0.2) is 85.8 Å². The Hall–Kier alpha value is -3.34. The molecule has 2 aromatic rings. The van der Waals surface area contributed by atoms with E-state index in [1.807, 2.05) is 13.0 Å². The number of pyridine rings is 1. The number of methoxy groups -OCH3 is 1. The van der Waals surface area contributed by atoms with Gasteiger partial charge in [0.15, 0.2) is 0 Å². The third kappa shape index (κ3) is 6.63.